The third-order valence-electron chi connectivity index (χ3n) is 3.09. The monoisotopic (exact) mass is 279 g/mol. The molecule has 1 heterocycles. The number of hydrogen-bond acceptors (Lipinski definition) is 5. The van der Waals surface area contributed by atoms with E-state index in [0.717, 1.165) is 6.07 Å². The van der Waals surface area contributed by atoms with E-state index in [4.69, 9.17) is 5.11 Å². The van der Waals surface area contributed by atoms with Crippen molar-refractivity contribution in [2.75, 3.05) is 19.6 Å². The molecule has 0 bridgehead atoms. The van der Waals surface area contributed by atoms with Crippen LogP contribution in [0.2, 0.25) is 0 Å². The van der Waals surface area contributed by atoms with E-state index in [2.05, 4.69) is 5.32 Å². The van der Waals surface area contributed by atoms with Crippen molar-refractivity contribution < 1.29 is 19.6 Å². The zero-order valence-corrected chi connectivity index (χ0v) is 10.5. The van der Waals surface area contributed by atoms with E-state index in [1.165, 1.54) is 23.1 Å². The zero-order chi connectivity index (χ0) is 14.7. The fourth-order valence-corrected chi connectivity index (χ4v) is 2.09. The molecule has 1 aromatic rings. The molecule has 8 heteroatoms. The second kappa shape index (κ2) is 5.66. The zero-order valence-electron chi connectivity index (χ0n) is 10.5. The topological polar surface area (TPSA) is 113 Å². The Balaban J connectivity index is 2.27. The third kappa shape index (κ3) is 2.75. The first-order valence-electron chi connectivity index (χ1n) is 5.99. The van der Waals surface area contributed by atoms with Crippen molar-refractivity contribution in [2.45, 2.75) is 6.04 Å². The molecule has 1 amide bonds. The van der Waals surface area contributed by atoms with Gasteiger partial charge in [-0.15, -0.1) is 0 Å². The Morgan fingerprint density at radius 1 is 1.45 bits per heavy atom. The highest BCUT2D eigenvalue weighted by molar-refractivity contribution is 5.97. The molecule has 106 valence electrons. The number of carbonyl (C=O) groups excluding carboxylic acids is 1. The highest BCUT2D eigenvalue weighted by Crippen LogP contribution is 2.16. The average molecular weight is 279 g/mol. The van der Waals surface area contributed by atoms with Crippen molar-refractivity contribution >= 4 is 17.6 Å². The van der Waals surface area contributed by atoms with E-state index in [9.17, 15) is 19.7 Å². The van der Waals surface area contributed by atoms with Crippen molar-refractivity contribution in [1.82, 2.24) is 10.2 Å². The highest BCUT2D eigenvalue weighted by atomic mass is 16.6. The smallest absolute Gasteiger partial charge is 0.327 e. The third-order valence-corrected chi connectivity index (χ3v) is 3.09. The van der Waals surface area contributed by atoms with Gasteiger partial charge in [0.05, 0.1) is 4.92 Å². The molecule has 1 aliphatic heterocycles. The normalized spacial score (nSPS) is 18.6. The number of nitro benzene ring substituents is 1. The first-order chi connectivity index (χ1) is 9.50. The fourth-order valence-electron chi connectivity index (χ4n) is 2.09. The first-order valence-corrected chi connectivity index (χ1v) is 5.99. The van der Waals surface area contributed by atoms with Gasteiger partial charge in [0.1, 0.15) is 6.04 Å². The van der Waals surface area contributed by atoms with Crippen LogP contribution in [0.1, 0.15) is 10.4 Å². The van der Waals surface area contributed by atoms with Gasteiger partial charge in [0.25, 0.3) is 11.6 Å². The van der Waals surface area contributed by atoms with E-state index in [1.54, 1.807) is 0 Å². The number of nitro groups is 1. The Bertz CT molecular complexity index is 560. The van der Waals surface area contributed by atoms with Crippen LogP contribution in [0.3, 0.4) is 0 Å². The number of carboxylic acids is 1. The van der Waals surface area contributed by atoms with Crippen LogP contribution in [0.5, 0.6) is 0 Å². The molecule has 1 fully saturated rings. The van der Waals surface area contributed by atoms with Crippen molar-refractivity contribution in [2.24, 2.45) is 0 Å². The van der Waals surface area contributed by atoms with Crippen LogP contribution in [0.4, 0.5) is 5.69 Å². The summed E-state index contributed by atoms with van der Waals surface area (Å²) in [5.74, 6) is -1.61. The molecule has 0 saturated carbocycles. The number of nitrogens with one attached hydrogen (secondary N) is 1. The maximum Gasteiger partial charge on any atom is 0.327 e. The summed E-state index contributed by atoms with van der Waals surface area (Å²) >= 11 is 0. The Hall–Kier alpha value is -2.48. The Labute approximate surface area is 114 Å². The Morgan fingerprint density at radius 2 is 2.20 bits per heavy atom. The summed E-state index contributed by atoms with van der Waals surface area (Å²) in [6, 6.07) is 4.32. The molecule has 1 aromatic carbocycles. The molecule has 0 aromatic heterocycles. The molecular weight excluding hydrogens is 266 g/mol. The summed E-state index contributed by atoms with van der Waals surface area (Å²) in [6.45, 7) is 0.902. The van der Waals surface area contributed by atoms with E-state index >= 15 is 0 Å². The maximum absolute atomic E-state index is 12.3. The van der Waals surface area contributed by atoms with E-state index in [1.807, 2.05) is 0 Å². The van der Waals surface area contributed by atoms with Crippen molar-refractivity contribution in [1.29, 1.82) is 0 Å². The van der Waals surface area contributed by atoms with Gasteiger partial charge in [-0.2, -0.15) is 0 Å². The molecule has 2 rings (SSSR count). The number of piperazine rings is 1. The number of amides is 1. The Morgan fingerprint density at radius 3 is 2.85 bits per heavy atom. The van der Waals surface area contributed by atoms with Gasteiger partial charge in [0.15, 0.2) is 0 Å². The van der Waals surface area contributed by atoms with Crippen LogP contribution in [-0.2, 0) is 4.79 Å². The number of hydrogen-bond donors (Lipinski definition) is 2. The number of carboxylic acid groups (broad SMARTS) is 1. The molecule has 0 radical (unpaired) electrons. The van der Waals surface area contributed by atoms with Gasteiger partial charge in [0, 0.05) is 37.3 Å². The SMILES string of the molecule is O=C(O)C1CNCCN1C(=O)c1cccc([N+](=O)[O-])c1. The Kier molecular flexibility index (Phi) is 3.94. The van der Waals surface area contributed by atoms with Crippen LogP contribution in [0, 0.1) is 10.1 Å². The predicted octanol–water partition coefficient (Wildman–Crippen LogP) is 0.0934. The summed E-state index contributed by atoms with van der Waals surface area (Å²) in [7, 11) is 0. The van der Waals surface area contributed by atoms with Gasteiger partial charge in [-0.05, 0) is 6.07 Å². The van der Waals surface area contributed by atoms with Gasteiger partial charge in [0.2, 0.25) is 0 Å². The van der Waals surface area contributed by atoms with Crippen LogP contribution in [0.15, 0.2) is 24.3 Å². The molecule has 8 nitrogen and oxygen atoms in total. The average Bonchev–Trinajstić information content (AvgIpc) is 2.46. The number of nitrogens with zero attached hydrogens (tertiary/aromatic N) is 2. The summed E-state index contributed by atoms with van der Waals surface area (Å²) in [5, 5.41) is 22.7. The lowest BCUT2D eigenvalue weighted by molar-refractivity contribution is -0.384. The van der Waals surface area contributed by atoms with Crippen LogP contribution >= 0.6 is 0 Å². The van der Waals surface area contributed by atoms with E-state index < -0.39 is 22.8 Å². The summed E-state index contributed by atoms with van der Waals surface area (Å²) in [5.41, 5.74) is -0.0785. The minimum absolute atomic E-state index is 0.118. The van der Waals surface area contributed by atoms with Crippen LogP contribution in [-0.4, -0.2) is 52.5 Å². The second-order valence-electron chi connectivity index (χ2n) is 4.36. The molecule has 0 spiro atoms. The van der Waals surface area contributed by atoms with Gasteiger partial charge in [-0.3, -0.25) is 14.9 Å². The minimum Gasteiger partial charge on any atom is -0.480 e. The largest absolute Gasteiger partial charge is 0.480 e. The molecule has 20 heavy (non-hydrogen) atoms. The van der Waals surface area contributed by atoms with E-state index in [0.29, 0.717) is 6.54 Å². The maximum atomic E-state index is 12.3. The molecule has 0 aliphatic carbocycles. The molecule has 1 atom stereocenters. The molecule has 1 unspecified atom stereocenters. The fraction of sp³-hybridized carbons (Fsp3) is 0.333. The molecular formula is C12H13N3O5. The first kappa shape index (κ1) is 13.9. The standard InChI is InChI=1S/C12H13N3O5/c16-11(8-2-1-3-9(6-8)15(19)20)14-5-4-13-7-10(14)12(17)18/h1-3,6,10,13H,4-5,7H2,(H,17,18). The van der Waals surface area contributed by atoms with E-state index in [-0.39, 0.29) is 24.3 Å². The summed E-state index contributed by atoms with van der Waals surface area (Å²) < 4.78 is 0. The van der Waals surface area contributed by atoms with Crippen LogP contribution in [0.25, 0.3) is 0 Å². The van der Waals surface area contributed by atoms with Crippen molar-refractivity contribution in [3.8, 4) is 0 Å². The lowest BCUT2D eigenvalue weighted by atomic mass is 10.1. The number of rotatable bonds is 3. The van der Waals surface area contributed by atoms with Gasteiger partial charge in [-0.1, -0.05) is 6.07 Å². The predicted molar refractivity (Wildman–Crippen MR) is 68.4 cm³/mol. The van der Waals surface area contributed by atoms with Crippen molar-refractivity contribution in [3.63, 3.8) is 0 Å². The van der Waals surface area contributed by atoms with Gasteiger partial charge in [-0.25, -0.2) is 4.79 Å². The molecule has 1 saturated heterocycles. The van der Waals surface area contributed by atoms with Gasteiger partial charge >= 0.3 is 5.97 Å². The molecule has 1 aliphatic rings. The highest BCUT2D eigenvalue weighted by Gasteiger charge is 2.32. The lowest BCUT2D eigenvalue weighted by Gasteiger charge is -2.33. The quantitative estimate of drug-likeness (QED) is 0.599. The second-order valence-corrected chi connectivity index (χ2v) is 4.36. The summed E-state index contributed by atoms with van der Waals surface area (Å²) in [6.07, 6.45) is 0. The van der Waals surface area contributed by atoms with Gasteiger partial charge < -0.3 is 15.3 Å². The summed E-state index contributed by atoms with van der Waals surface area (Å²) in [4.78, 5) is 34.8. The lowest BCUT2D eigenvalue weighted by Crippen LogP contribution is -2.56. The number of aliphatic carboxylic acids is 1. The van der Waals surface area contributed by atoms with Crippen LogP contribution < -0.4 is 5.32 Å². The molecule has 2 N–H and O–H groups in total. The number of non-ortho nitro benzene ring substituents is 1. The number of benzene rings is 1. The number of carbonyl (C=O) groups is 2. The van der Waals surface area contributed by atoms with Crippen molar-refractivity contribution in [3.05, 3.63) is 39.9 Å². The minimum atomic E-state index is -1.10.